The van der Waals surface area contributed by atoms with Crippen molar-refractivity contribution >= 4 is 17.6 Å². The average Bonchev–Trinajstić information content (AvgIpc) is 2.39. The van der Waals surface area contributed by atoms with Crippen molar-refractivity contribution in [3.05, 3.63) is 63.7 Å². The van der Waals surface area contributed by atoms with E-state index >= 15 is 0 Å². The number of nitro groups is 1. The minimum Gasteiger partial charge on any atom is -0.505 e. The van der Waals surface area contributed by atoms with Gasteiger partial charge in [0.1, 0.15) is 11.4 Å². The summed E-state index contributed by atoms with van der Waals surface area (Å²) in [6.45, 7) is 1.99. The topological polar surface area (TPSA) is 75.7 Å². The van der Waals surface area contributed by atoms with Crippen molar-refractivity contribution in [1.29, 1.82) is 0 Å². The second-order valence-electron chi connectivity index (χ2n) is 4.10. The van der Waals surface area contributed by atoms with E-state index < -0.39 is 4.92 Å². The number of aromatic hydroxyl groups is 1. The van der Waals surface area contributed by atoms with Crippen LogP contribution in [0.15, 0.2) is 47.5 Å². The third-order valence-electron chi connectivity index (χ3n) is 2.60. The van der Waals surface area contributed by atoms with E-state index in [2.05, 4.69) is 4.99 Å². The molecule has 0 radical (unpaired) electrons. The number of aliphatic imine (C=N–C) groups is 1. The first-order chi connectivity index (χ1) is 9.06. The number of rotatable bonds is 3. The largest absolute Gasteiger partial charge is 0.505 e. The molecule has 0 bridgehead atoms. The van der Waals surface area contributed by atoms with E-state index in [0.29, 0.717) is 5.69 Å². The van der Waals surface area contributed by atoms with Crippen LogP contribution < -0.4 is 0 Å². The van der Waals surface area contributed by atoms with Gasteiger partial charge in [-0.2, -0.15) is 0 Å². The molecule has 0 spiro atoms. The van der Waals surface area contributed by atoms with Crippen LogP contribution in [0.3, 0.4) is 0 Å². The van der Waals surface area contributed by atoms with Crippen molar-refractivity contribution in [3.8, 4) is 5.75 Å². The number of phenolic OH excluding ortho intramolecular Hbond substituents is 1. The van der Waals surface area contributed by atoms with E-state index in [-0.39, 0.29) is 11.4 Å². The van der Waals surface area contributed by atoms with Crippen molar-refractivity contribution in [2.24, 2.45) is 4.99 Å². The van der Waals surface area contributed by atoms with Gasteiger partial charge in [-0.3, -0.25) is 15.1 Å². The zero-order valence-electron chi connectivity index (χ0n) is 10.3. The predicted molar refractivity (Wildman–Crippen MR) is 73.2 cm³/mol. The fraction of sp³-hybridized carbons (Fsp3) is 0.0714. The zero-order valence-corrected chi connectivity index (χ0v) is 10.3. The molecule has 0 aromatic heterocycles. The highest BCUT2D eigenvalue weighted by atomic mass is 16.6. The van der Waals surface area contributed by atoms with Crippen LogP contribution in [0.5, 0.6) is 5.75 Å². The third kappa shape index (κ3) is 3.16. The van der Waals surface area contributed by atoms with Crippen LogP contribution >= 0.6 is 0 Å². The number of nitrogens with zero attached hydrogens (tertiary/aromatic N) is 2. The van der Waals surface area contributed by atoms with Crippen LogP contribution in [-0.4, -0.2) is 16.2 Å². The molecule has 2 aromatic carbocycles. The first-order valence-corrected chi connectivity index (χ1v) is 5.64. The molecule has 96 valence electrons. The van der Waals surface area contributed by atoms with E-state index in [1.807, 2.05) is 31.2 Å². The van der Waals surface area contributed by atoms with Crippen molar-refractivity contribution in [3.63, 3.8) is 0 Å². The molecule has 0 aliphatic rings. The number of hydrogen-bond donors (Lipinski definition) is 1. The normalized spacial score (nSPS) is 10.8. The van der Waals surface area contributed by atoms with E-state index in [9.17, 15) is 15.2 Å². The van der Waals surface area contributed by atoms with E-state index in [0.717, 1.165) is 17.2 Å². The number of nitro benzene ring substituents is 1. The minimum absolute atomic E-state index is 0.160. The maximum Gasteiger partial charge on any atom is 0.273 e. The molecule has 0 aliphatic carbocycles. The van der Waals surface area contributed by atoms with Crippen LogP contribution in [0.4, 0.5) is 11.4 Å². The average molecular weight is 256 g/mol. The fourth-order valence-electron chi connectivity index (χ4n) is 1.53. The summed E-state index contributed by atoms with van der Waals surface area (Å²) < 4.78 is 0. The molecule has 1 N–H and O–H groups in total. The van der Waals surface area contributed by atoms with Gasteiger partial charge < -0.3 is 5.11 Å². The minimum atomic E-state index is -0.562. The molecule has 0 saturated heterocycles. The lowest BCUT2D eigenvalue weighted by Crippen LogP contribution is -1.86. The van der Waals surface area contributed by atoms with Gasteiger partial charge in [-0.05, 0) is 18.6 Å². The van der Waals surface area contributed by atoms with Gasteiger partial charge in [0.05, 0.1) is 11.0 Å². The van der Waals surface area contributed by atoms with Gasteiger partial charge in [0, 0.05) is 12.3 Å². The molecule has 19 heavy (non-hydrogen) atoms. The van der Waals surface area contributed by atoms with Gasteiger partial charge >= 0.3 is 0 Å². The maximum absolute atomic E-state index is 10.5. The van der Waals surface area contributed by atoms with Gasteiger partial charge in [0.2, 0.25) is 0 Å². The monoisotopic (exact) mass is 256 g/mol. The number of aryl methyl sites for hydroxylation is 1. The van der Waals surface area contributed by atoms with Crippen LogP contribution in [0.1, 0.15) is 11.1 Å². The predicted octanol–water partition coefficient (Wildman–Crippen LogP) is 3.36. The smallest absolute Gasteiger partial charge is 0.273 e. The van der Waals surface area contributed by atoms with Crippen molar-refractivity contribution in [2.45, 2.75) is 6.92 Å². The first-order valence-electron chi connectivity index (χ1n) is 5.64. The first kappa shape index (κ1) is 12.8. The van der Waals surface area contributed by atoms with Crippen molar-refractivity contribution in [2.75, 3.05) is 0 Å². The van der Waals surface area contributed by atoms with Gasteiger partial charge in [0.25, 0.3) is 5.69 Å². The number of non-ortho nitro benzene ring substituents is 1. The highest BCUT2D eigenvalue weighted by Crippen LogP contribution is 2.30. The van der Waals surface area contributed by atoms with Crippen molar-refractivity contribution in [1.82, 2.24) is 0 Å². The van der Waals surface area contributed by atoms with E-state index in [4.69, 9.17) is 0 Å². The fourth-order valence-corrected chi connectivity index (χ4v) is 1.53. The Hall–Kier alpha value is -2.69. The quantitative estimate of drug-likeness (QED) is 0.519. The molecule has 0 unspecified atom stereocenters. The molecule has 5 heteroatoms. The molecule has 0 heterocycles. The standard InChI is InChI=1S/C14H12N2O3/c1-10-2-4-11(5-3-10)9-15-13-7-6-12(16(18)19)8-14(13)17/h2-9,17H,1H3. The SMILES string of the molecule is Cc1ccc(C=Nc2ccc([N+](=O)[O-])cc2O)cc1. The lowest BCUT2D eigenvalue weighted by atomic mass is 10.2. The summed E-state index contributed by atoms with van der Waals surface area (Å²) in [7, 11) is 0. The second-order valence-corrected chi connectivity index (χ2v) is 4.10. The van der Waals surface area contributed by atoms with Crippen LogP contribution in [0, 0.1) is 17.0 Å². The van der Waals surface area contributed by atoms with Gasteiger partial charge in [-0.1, -0.05) is 29.8 Å². The summed E-state index contributed by atoms with van der Waals surface area (Å²) >= 11 is 0. The Kier molecular flexibility index (Phi) is 3.56. The molecular formula is C14H12N2O3. The molecular weight excluding hydrogens is 244 g/mol. The Balaban J connectivity index is 2.23. The van der Waals surface area contributed by atoms with Crippen molar-refractivity contribution < 1.29 is 10.0 Å². The highest BCUT2D eigenvalue weighted by Gasteiger charge is 2.08. The third-order valence-corrected chi connectivity index (χ3v) is 2.60. The molecule has 0 amide bonds. The number of hydrogen-bond acceptors (Lipinski definition) is 4. The Morgan fingerprint density at radius 1 is 1.21 bits per heavy atom. The number of benzene rings is 2. The summed E-state index contributed by atoms with van der Waals surface area (Å²) in [5.74, 6) is -0.211. The van der Waals surface area contributed by atoms with Crippen LogP contribution in [0.25, 0.3) is 0 Å². The Morgan fingerprint density at radius 3 is 2.47 bits per heavy atom. The molecule has 2 rings (SSSR count). The molecule has 0 atom stereocenters. The maximum atomic E-state index is 10.5. The lowest BCUT2D eigenvalue weighted by Gasteiger charge is -1.99. The molecule has 0 fully saturated rings. The van der Waals surface area contributed by atoms with Gasteiger partial charge in [-0.25, -0.2) is 0 Å². The molecule has 5 nitrogen and oxygen atoms in total. The van der Waals surface area contributed by atoms with E-state index in [1.54, 1.807) is 6.21 Å². The molecule has 0 saturated carbocycles. The Labute approximate surface area is 110 Å². The summed E-state index contributed by atoms with van der Waals surface area (Å²) in [4.78, 5) is 14.1. The van der Waals surface area contributed by atoms with Gasteiger partial charge in [0.15, 0.2) is 0 Å². The summed E-state index contributed by atoms with van der Waals surface area (Å²) in [6.07, 6.45) is 1.60. The molecule has 0 aliphatic heterocycles. The number of phenols is 1. The molecule has 2 aromatic rings. The summed E-state index contributed by atoms with van der Waals surface area (Å²) in [5, 5.41) is 20.2. The van der Waals surface area contributed by atoms with Crippen LogP contribution in [-0.2, 0) is 0 Å². The Morgan fingerprint density at radius 2 is 1.89 bits per heavy atom. The lowest BCUT2D eigenvalue weighted by molar-refractivity contribution is -0.384. The van der Waals surface area contributed by atoms with Crippen LogP contribution in [0.2, 0.25) is 0 Å². The summed E-state index contributed by atoms with van der Waals surface area (Å²) in [6, 6.07) is 11.5. The zero-order chi connectivity index (χ0) is 13.8. The van der Waals surface area contributed by atoms with Gasteiger partial charge in [-0.15, -0.1) is 0 Å². The Bertz CT molecular complexity index is 634. The van der Waals surface area contributed by atoms with E-state index in [1.165, 1.54) is 12.1 Å². The summed E-state index contributed by atoms with van der Waals surface area (Å²) in [5.41, 5.74) is 2.18. The second kappa shape index (κ2) is 5.30. The highest BCUT2D eigenvalue weighted by molar-refractivity contribution is 5.82.